The van der Waals surface area contributed by atoms with E-state index in [1.165, 1.54) is 12.8 Å². The number of urea groups is 1. The molecular weight excluding hydrogens is 240 g/mol. The standard InChI is InChI=1S/C15H26N2O2/c1-14(2)12-4-5-15(14,3)11-17(10-12)13(18)16-6-8-19-9-7-16/h12H,4-11H2,1-3H3/t12-,15-/m1/s1. The second-order valence-electron chi connectivity index (χ2n) is 7.28. The molecule has 2 saturated heterocycles. The van der Waals surface area contributed by atoms with Gasteiger partial charge in [-0.15, -0.1) is 0 Å². The zero-order chi connectivity index (χ0) is 13.7. The highest BCUT2D eigenvalue weighted by atomic mass is 16.5. The number of rotatable bonds is 0. The van der Waals surface area contributed by atoms with Gasteiger partial charge >= 0.3 is 6.03 Å². The number of amides is 2. The van der Waals surface area contributed by atoms with Crippen molar-refractivity contribution in [2.75, 3.05) is 39.4 Å². The number of carbonyl (C=O) groups is 1. The Bertz CT molecular complexity index is 376. The van der Waals surface area contributed by atoms with Gasteiger partial charge in [0.15, 0.2) is 0 Å². The molecule has 2 atom stereocenters. The van der Waals surface area contributed by atoms with Gasteiger partial charge in [0.25, 0.3) is 0 Å². The number of carbonyl (C=O) groups excluding carboxylic acids is 1. The highest BCUT2D eigenvalue weighted by Crippen LogP contribution is 2.59. The molecule has 1 aliphatic carbocycles. The first-order valence-corrected chi connectivity index (χ1v) is 7.56. The van der Waals surface area contributed by atoms with Crippen LogP contribution in [0.3, 0.4) is 0 Å². The molecule has 3 fully saturated rings. The molecule has 4 nitrogen and oxygen atoms in total. The highest BCUT2D eigenvalue weighted by Gasteiger charge is 2.56. The molecule has 0 N–H and O–H groups in total. The van der Waals surface area contributed by atoms with Crippen molar-refractivity contribution >= 4 is 6.03 Å². The fourth-order valence-electron chi connectivity index (χ4n) is 4.12. The zero-order valence-corrected chi connectivity index (χ0v) is 12.4. The molecule has 2 amide bonds. The van der Waals surface area contributed by atoms with Gasteiger partial charge < -0.3 is 14.5 Å². The van der Waals surface area contributed by atoms with Crippen LogP contribution >= 0.6 is 0 Å². The second kappa shape index (κ2) is 4.37. The number of fused-ring (bicyclic) bond motifs is 2. The molecule has 2 heterocycles. The van der Waals surface area contributed by atoms with E-state index >= 15 is 0 Å². The third kappa shape index (κ3) is 1.95. The molecule has 108 valence electrons. The maximum atomic E-state index is 12.6. The van der Waals surface area contributed by atoms with Crippen molar-refractivity contribution in [1.82, 2.24) is 9.80 Å². The van der Waals surface area contributed by atoms with Crippen molar-refractivity contribution in [1.29, 1.82) is 0 Å². The lowest BCUT2D eigenvalue weighted by molar-refractivity contribution is -0.0158. The Labute approximate surface area is 116 Å². The summed E-state index contributed by atoms with van der Waals surface area (Å²) in [6.45, 7) is 11.9. The van der Waals surface area contributed by atoms with Gasteiger partial charge in [-0.05, 0) is 29.6 Å². The molecule has 0 unspecified atom stereocenters. The number of nitrogens with zero attached hydrogens (tertiary/aromatic N) is 2. The maximum Gasteiger partial charge on any atom is 0.320 e. The summed E-state index contributed by atoms with van der Waals surface area (Å²) in [6, 6.07) is 0.233. The normalized spacial score (nSPS) is 37.5. The third-order valence-corrected chi connectivity index (χ3v) is 6.15. The first-order chi connectivity index (χ1) is 8.94. The van der Waals surface area contributed by atoms with E-state index in [2.05, 4.69) is 25.7 Å². The molecule has 0 aromatic carbocycles. The van der Waals surface area contributed by atoms with Crippen LogP contribution in [0.4, 0.5) is 4.79 Å². The van der Waals surface area contributed by atoms with Crippen molar-refractivity contribution in [2.45, 2.75) is 33.6 Å². The summed E-state index contributed by atoms with van der Waals surface area (Å²) in [5.74, 6) is 0.663. The van der Waals surface area contributed by atoms with Gasteiger partial charge in [0.2, 0.25) is 0 Å². The summed E-state index contributed by atoms with van der Waals surface area (Å²) in [6.07, 6.45) is 2.54. The summed E-state index contributed by atoms with van der Waals surface area (Å²) >= 11 is 0. The Morgan fingerprint density at radius 3 is 2.47 bits per heavy atom. The van der Waals surface area contributed by atoms with Gasteiger partial charge in [0.05, 0.1) is 13.2 Å². The average Bonchev–Trinajstić information content (AvgIpc) is 2.57. The smallest absolute Gasteiger partial charge is 0.320 e. The van der Waals surface area contributed by atoms with E-state index in [4.69, 9.17) is 4.74 Å². The van der Waals surface area contributed by atoms with Crippen molar-refractivity contribution in [3.05, 3.63) is 0 Å². The molecule has 3 aliphatic rings. The molecule has 19 heavy (non-hydrogen) atoms. The largest absolute Gasteiger partial charge is 0.378 e. The molecule has 4 heteroatoms. The number of piperidine rings is 1. The predicted octanol–water partition coefficient (Wildman–Crippen LogP) is 2.20. The first kappa shape index (κ1) is 13.2. The maximum absolute atomic E-state index is 12.6. The Kier molecular flexibility index (Phi) is 3.04. The summed E-state index contributed by atoms with van der Waals surface area (Å²) in [5, 5.41) is 0. The summed E-state index contributed by atoms with van der Waals surface area (Å²) < 4.78 is 5.33. The first-order valence-electron chi connectivity index (χ1n) is 7.56. The van der Waals surface area contributed by atoms with Gasteiger partial charge in [-0.1, -0.05) is 20.8 Å². The van der Waals surface area contributed by atoms with E-state index < -0.39 is 0 Å². The van der Waals surface area contributed by atoms with Crippen molar-refractivity contribution in [3.8, 4) is 0 Å². The van der Waals surface area contributed by atoms with Gasteiger partial charge in [-0.25, -0.2) is 4.79 Å². The summed E-state index contributed by atoms with van der Waals surface area (Å²) in [5.41, 5.74) is 0.659. The molecule has 2 bridgehead atoms. The van der Waals surface area contributed by atoms with E-state index in [0.29, 0.717) is 24.5 Å². The van der Waals surface area contributed by atoms with Crippen LogP contribution in [0.25, 0.3) is 0 Å². The lowest BCUT2D eigenvalue weighted by Gasteiger charge is -2.51. The van der Waals surface area contributed by atoms with E-state index in [9.17, 15) is 4.79 Å². The minimum absolute atomic E-state index is 0.233. The fraction of sp³-hybridized carbons (Fsp3) is 0.933. The number of ether oxygens (including phenoxy) is 1. The minimum Gasteiger partial charge on any atom is -0.378 e. The number of morpholine rings is 1. The molecule has 3 rings (SSSR count). The highest BCUT2D eigenvalue weighted by molar-refractivity contribution is 5.75. The Hall–Kier alpha value is -0.770. The van der Waals surface area contributed by atoms with Crippen molar-refractivity contribution in [2.24, 2.45) is 16.7 Å². The van der Waals surface area contributed by atoms with E-state index in [1.54, 1.807) is 0 Å². The number of likely N-dealkylation sites (tertiary alicyclic amines) is 1. The van der Waals surface area contributed by atoms with E-state index in [0.717, 1.165) is 26.2 Å². The molecular formula is C15H26N2O2. The van der Waals surface area contributed by atoms with Gasteiger partial charge in [-0.3, -0.25) is 0 Å². The summed E-state index contributed by atoms with van der Waals surface area (Å²) in [7, 11) is 0. The van der Waals surface area contributed by atoms with Crippen LogP contribution in [0.2, 0.25) is 0 Å². The zero-order valence-electron chi connectivity index (χ0n) is 12.4. The monoisotopic (exact) mass is 266 g/mol. The molecule has 0 aromatic rings. The van der Waals surface area contributed by atoms with Crippen LogP contribution in [-0.2, 0) is 4.74 Å². The Morgan fingerprint density at radius 2 is 1.84 bits per heavy atom. The molecule has 0 spiro atoms. The lowest BCUT2D eigenvalue weighted by Crippen LogP contribution is -2.57. The number of hydrogen-bond acceptors (Lipinski definition) is 2. The predicted molar refractivity (Wildman–Crippen MR) is 74.0 cm³/mol. The van der Waals surface area contributed by atoms with E-state index in [-0.39, 0.29) is 11.4 Å². The van der Waals surface area contributed by atoms with Crippen molar-refractivity contribution < 1.29 is 9.53 Å². The van der Waals surface area contributed by atoms with Crippen LogP contribution in [0.15, 0.2) is 0 Å². The minimum atomic E-state index is 0.233. The van der Waals surface area contributed by atoms with Crippen LogP contribution < -0.4 is 0 Å². The second-order valence-corrected chi connectivity index (χ2v) is 7.28. The average molecular weight is 266 g/mol. The Morgan fingerprint density at radius 1 is 1.16 bits per heavy atom. The van der Waals surface area contributed by atoms with Gasteiger partial charge in [0.1, 0.15) is 0 Å². The molecule has 0 aromatic heterocycles. The SMILES string of the molecule is CC1(C)[C@@H]2CC[C@]1(C)CN(C(=O)N1CCOCC1)C2. The van der Waals surface area contributed by atoms with Crippen LogP contribution in [0, 0.1) is 16.7 Å². The van der Waals surface area contributed by atoms with E-state index in [1.807, 2.05) is 4.90 Å². The fourth-order valence-corrected chi connectivity index (χ4v) is 4.12. The lowest BCUT2D eigenvalue weighted by atomic mass is 9.63. The summed E-state index contributed by atoms with van der Waals surface area (Å²) in [4.78, 5) is 16.7. The topological polar surface area (TPSA) is 32.8 Å². The Balaban J connectivity index is 1.73. The van der Waals surface area contributed by atoms with Gasteiger partial charge in [0, 0.05) is 26.2 Å². The quantitative estimate of drug-likeness (QED) is 0.673. The van der Waals surface area contributed by atoms with Crippen LogP contribution in [0.1, 0.15) is 33.6 Å². The number of hydrogen-bond donors (Lipinski definition) is 0. The van der Waals surface area contributed by atoms with Gasteiger partial charge in [-0.2, -0.15) is 0 Å². The van der Waals surface area contributed by atoms with Crippen LogP contribution in [-0.4, -0.2) is 55.2 Å². The van der Waals surface area contributed by atoms with Crippen LogP contribution in [0.5, 0.6) is 0 Å². The molecule has 2 aliphatic heterocycles. The molecule has 1 saturated carbocycles. The third-order valence-electron chi connectivity index (χ3n) is 6.15. The van der Waals surface area contributed by atoms with Crippen molar-refractivity contribution in [3.63, 3.8) is 0 Å². The molecule has 0 radical (unpaired) electrons.